The molecule has 3 rings (SSSR count). The molecule has 0 spiro atoms. The SMILES string of the molecule is CCOC(=O)CCC(=O)Nc1ccc(N2CCc3ccccc3C2)c(C(=O)NC(C)C)c1. The highest BCUT2D eigenvalue weighted by molar-refractivity contribution is 6.02. The number of ether oxygens (including phenoxy) is 1. The molecule has 1 aliphatic rings. The Balaban J connectivity index is 1.79. The molecular weight excluding hydrogens is 406 g/mol. The van der Waals surface area contributed by atoms with Crippen molar-refractivity contribution >= 4 is 29.2 Å². The van der Waals surface area contributed by atoms with Gasteiger partial charge in [0.15, 0.2) is 0 Å². The first-order valence-electron chi connectivity index (χ1n) is 11.1. The number of benzene rings is 2. The molecule has 2 aromatic rings. The molecule has 32 heavy (non-hydrogen) atoms. The molecule has 2 amide bonds. The maximum atomic E-state index is 13.0. The Morgan fingerprint density at radius 3 is 2.53 bits per heavy atom. The standard InChI is InChI=1S/C25H31N3O4/c1-4-32-24(30)12-11-23(29)27-20-9-10-22(21(15-20)25(31)26-17(2)3)28-14-13-18-7-5-6-8-19(18)16-28/h5-10,15,17H,4,11-14,16H2,1-3H3,(H,26,31)(H,27,29). The Bertz CT molecular complexity index is 987. The predicted molar refractivity (Wildman–Crippen MR) is 125 cm³/mol. The quantitative estimate of drug-likeness (QED) is 0.616. The number of hydrogen-bond acceptors (Lipinski definition) is 5. The summed E-state index contributed by atoms with van der Waals surface area (Å²) in [6.45, 7) is 7.38. The van der Waals surface area contributed by atoms with Crippen molar-refractivity contribution in [2.75, 3.05) is 23.4 Å². The van der Waals surface area contributed by atoms with Gasteiger partial charge in [-0.3, -0.25) is 14.4 Å². The van der Waals surface area contributed by atoms with Crippen LogP contribution in [0.4, 0.5) is 11.4 Å². The molecule has 1 heterocycles. The molecule has 170 valence electrons. The zero-order valence-corrected chi connectivity index (χ0v) is 18.9. The van der Waals surface area contributed by atoms with E-state index in [1.54, 1.807) is 19.1 Å². The van der Waals surface area contributed by atoms with Crippen LogP contribution in [0.15, 0.2) is 42.5 Å². The molecule has 2 N–H and O–H groups in total. The van der Waals surface area contributed by atoms with Crippen molar-refractivity contribution in [3.63, 3.8) is 0 Å². The Morgan fingerprint density at radius 2 is 1.81 bits per heavy atom. The first kappa shape index (κ1) is 23.3. The summed E-state index contributed by atoms with van der Waals surface area (Å²) in [5.74, 6) is -0.884. The fraction of sp³-hybridized carbons (Fsp3) is 0.400. The van der Waals surface area contributed by atoms with Gasteiger partial charge >= 0.3 is 5.97 Å². The number of esters is 1. The summed E-state index contributed by atoms with van der Waals surface area (Å²) < 4.78 is 4.86. The summed E-state index contributed by atoms with van der Waals surface area (Å²) in [7, 11) is 0. The molecule has 0 fully saturated rings. The number of carbonyl (C=O) groups is 3. The zero-order chi connectivity index (χ0) is 23.1. The lowest BCUT2D eigenvalue weighted by Crippen LogP contribution is -2.35. The summed E-state index contributed by atoms with van der Waals surface area (Å²) in [4.78, 5) is 38.9. The second-order valence-electron chi connectivity index (χ2n) is 8.15. The lowest BCUT2D eigenvalue weighted by molar-refractivity contribution is -0.144. The Labute approximate surface area is 189 Å². The third-order valence-electron chi connectivity index (χ3n) is 5.28. The van der Waals surface area contributed by atoms with Gasteiger partial charge in [0.2, 0.25) is 5.91 Å². The number of hydrogen-bond donors (Lipinski definition) is 2. The van der Waals surface area contributed by atoms with Gasteiger partial charge in [-0.1, -0.05) is 24.3 Å². The summed E-state index contributed by atoms with van der Waals surface area (Å²) in [5.41, 5.74) is 4.46. The van der Waals surface area contributed by atoms with Crippen LogP contribution in [0.2, 0.25) is 0 Å². The first-order valence-corrected chi connectivity index (χ1v) is 11.1. The largest absolute Gasteiger partial charge is 0.466 e. The molecule has 0 atom stereocenters. The Morgan fingerprint density at radius 1 is 1.06 bits per heavy atom. The fourth-order valence-electron chi connectivity index (χ4n) is 3.78. The molecular formula is C25H31N3O4. The smallest absolute Gasteiger partial charge is 0.306 e. The van der Waals surface area contributed by atoms with Gasteiger partial charge in [0, 0.05) is 36.9 Å². The zero-order valence-electron chi connectivity index (χ0n) is 18.9. The van der Waals surface area contributed by atoms with Gasteiger partial charge in [-0.15, -0.1) is 0 Å². The number of amides is 2. The summed E-state index contributed by atoms with van der Waals surface area (Å²) in [6.07, 6.45) is 0.955. The lowest BCUT2D eigenvalue weighted by Gasteiger charge is -2.32. The van der Waals surface area contributed by atoms with E-state index in [9.17, 15) is 14.4 Å². The number of carbonyl (C=O) groups excluding carboxylic acids is 3. The number of nitrogens with zero attached hydrogens (tertiary/aromatic N) is 1. The molecule has 7 nitrogen and oxygen atoms in total. The fourth-order valence-corrected chi connectivity index (χ4v) is 3.78. The molecule has 0 radical (unpaired) electrons. The van der Waals surface area contributed by atoms with Crippen LogP contribution in [-0.2, 0) is 27.3 Å². The molecule has 0 unspecified atom stereocenters. The normalized spacial score (nSPS) is 12.8. The van der Waals surface area contributed by atoms with Crippen molar-refractivity contribution in [3.05, 3.63) is 59.2 Å². The van der Waals surface area contributed by atoms with Gasteiger partial charge < -0.3 is 20.3 Å². The monoisotopic (exact) mass is 437 g/mol. The molecule has 0 bridgehead atoms. The van der Waals surface area contributed by atoms with Crippen LogP contribution in [-0.4, -0.2) is 37.0 Å². The number of anilines is 2. The van der Waals surface area contributed by atoms with Gasteiger partial charge in [0.25, 0.3) is 5.91 Å². The predicted octanol–water partition coefficient (Wildman–Crippen LogP) is 3.67. The van der Waals surface area contributed by atoms with Crippen LogP contribution in [0.3, 0.4) is 0 Å². The van der Waals surface area contributed by atoms with Crippen molar-refractivity contribution in [2.45, 2.75) is 52.6 Å². The highest BCUT2D eigenvalue weighted by Gasteiger charge is 2.22. The average Bonchev–Trinajstić information content (AvgIpc) is 2.77. The molecule has 0 saturated heterocycles. The van der Waals surface area contributed by atoms with Gasteiger partial charge in [-0.25, -0.2) is 0 Å². The van der Waals surface area contributed by atoms with Gasteiger partial charge in [0.1, 0.15) is 0 Å². The molecule has 0 aliphatic carbocycles. The van der Waals surface area contributed by atoms with E-state index in [-0.39, 0.29) is 37.3 Å². The highest BCUT2D eigenvalue weighted by atomic mass is 16.5. The molecule has 1 aliphatic heterocycles. The Kier molecular flexibility index (Phi) is 7.87. The molecule has 0 saturated carbocycles. The van der Waals surface area contributed by atoms with Crippen molar-refractivity contribution in [2.24, 2.45) is 0 Å². The summed E-state index contributed by atoms with van der Waals surface area (Å²) in [6, 6.07) is 13.7. The lowest BCUT2D eigenvalue weighted by atomic mass is 9.98. The maximum absolute atomic E-state index is 13.0. The van der Waals surface area contributed by atoms with Crippen LogP contribution >= 0.6 is 0 Å². The topological polar surface area (TPSA) is 87.7 Å². The Hall–Kier alpha value is -3.35. The number of nitrogens with one attached hydrogen (secondary N) is 2. The maximum Gasteiger partial charge on any atom is 0.306 e. The second kappa shape index (κ2) is 10.8. The molecule has 2 aromatic carbocycles. The van der Waals surface area contributed by atoms with E-state index in [1.165, 1.54) is 11.1 Å². The van der Waals surface area contributed by atoms with Crippen molar-refractivity contribution < 1.29 is 19.1 Å². The van der Waals surface area contributed by atoms with Crippen LogP contribution in [0.25, 0.3) is 0 Å². The van der Waals surface area contributed by atoms with Crippen molar-refractivity contribution in [1.29, 1.82) is 0 Å². The van der Waals surface area contributed by atoms with Crippen LogP contribution in [0.5, 0.6) is 0 Å². The van der Waals surface area contributed by atoms with Crippen molar-refractivity contribution in [1.82, 2.24) is 5.32 Å². The minimum atomic E-state index is -0.402. The van der Waals surface area contributed by atoms with E-state index < -0.39 is 5.97 Å². The van der Waals surface area contributed by atoms with E-state index >= 15 is 0 Å². The third kappa shape index (κ3) is 6.09. The van der Waals surface area contributed by atoms with E-state index in [4.69, 9.17) is 4.74 Å². The van der Waals surface area contributed by atoms with Crippen LogP contribution in [0.1, 0.15) is 55.1 Å². The van der Waals surface area contributed by atoms with E-state index in [2.05, 4.69) is 33.7 Å². The van der Waals surface area contributed by atoms with Gasteiger partial charge in [-0.05, 0) is 56.5 Å². The summed E-state index contributed by atoms with van der Waals surface area (Å²) >= 11 is 0. The molecule has 0 aromatic heterocycles. The third-order valence-corrected chi connectivity index (χ3v) is 5.28. The number of rotatable bonds is 8. The first-order chi connectivity index (χ1) is 15.4. The highest BCUT2D eigenvalue weighted by Crippen LogP contribution is 2.29. The van der Waals surface area contributed by atoms with Gasteiger partial charge in [-0.2, -0.15) is 0 Å². The van der Waals surface area contributed by atoms with E-state index in [0.29, 0.717) is 11.3 Å². The molecule has 7 heteroatoms. The second-order valence-corrected chi connectivity index (χ2v) is 8.15. The summed E-state index contributed by atoms with van der Waals surface area (Å²) in [5, 5.41) is 5.74. The van der Waals surface area contributed by atoms with Crippen LogP contribution in [0, 0.1) is 0 Å². The van der Waals surface area contributed by atoms with E-state index in [0.717, 1.165) is 25.2 Å². The minimum Gasteiger partial charge on any atom is -0.466 e. The van der Waals surface area contributed by atoms with Gasteiger partial charge in [0.05, 0.1) is 18.6 Å². The van der Waals surface area contributed by atoms with Crippen molar-refractivity contribution in [3.8, 4) is 0 Å². The van der Waals surface area contributed by atoms with E-state index in [1.807, 2.05) is 26.0 Å². The van der Waals surface area contributed by atoms with Crippen LogP contribution < -0.4 is 15.5 Å². The number of fused-ring (bicyclic) bond motifs is 1. The average molecular weight is 438 g/mol. The minimum absolute atomic E-state index is 0.0137.